The summed E-state index contributed by atoms with van der Waals surface area (Å²) in [5.41, 5.74) is 7.26. The van der Waals surface area contributed by atoms with Crippen molar-refractivity contribution in [3.63, 3.8) is 0 Å². The fourth-order valence-corrected chi connectivity index (χ4v) is 1.30. The molecule has 0 unspecified atom stereocenters. The van der Waals surface area contributed by atoms with Crippen LogP contribution in [0.5, 0.6) is 0 Å². The second-order valence-electron chi connectivity index (χ2n) is 2.67. The van der Waals surface area contributed by atoms with E-state index in [4.69, 9.17) is 17.3 Å². The molecular formula is C7H13ClN2. The minimum absolute atomic E-state index is 0.378. The SMILES string of the molecule is N[C@@H]1CCN(C/C=C/Cl)C1. The molecule has 1 aliphatic rings. The Bertz CT molecular complexity index is 125. The summed E-state index contributed by atoms with van der Waals surface area (Å²) in [5, 5.41) is 0. The smallest absolute Gasteiger partial charge is 0.0180 e. The van der Waals surface area contributed by atoms with Crippen LogP contribution in [0.3, 0.4) is 0 Å². The number of nitrogens with zero attached hydrogens (tertiary/aromatic N) is 1. The lowest BCUT2D eigenvalue weighted by molar-refractivity contribution is 0.372. The molecule has 0 aromatic rings. The predicted octanol–water partition coefficient (Wildman–Crippen LogP) is 0.772. The predicted molar refractivity (Wildman–Crippen MR) is 44.0 cm³/mol. The largest absolute Gasteiger partial charge is 0.326 e. The van der Waals surface area contributed by atoms with Gasteiger partial charge in [-0.25, -0.2) is 0 Å². The van der Waals surface area contributed by atoms with Gasteiger partial charge in [-0.05, 0) is 6.42 Å². The molecule has 0 amide bonds. The van der Waals surface area contributed by atoms with E-state index in [1.165, 1.54) is 0 Å². The highest BCUT2D eigenvalue weighted by molar-refractivity contribution is 6.25. The molecule has 1 rings (SSSR count). The molecule has 0 saturated carbocycles. The van der Waals surface area contributed by atoms with Crippen molar-refractivity contribution >= 4 is 11.6 Å². The molecule has 58 valence electrons. The topological polar surface area (TPSA) is 29.3 Å². The Balaban J connectivity index is 2.18. The molecule has 1 heterocycles. The van der Waals surface area contributed by atoms with Crippen molar-refractivity contribution < 1.29 is 0 Å². The number of hydrogen-bond donors (Lipinski definition) is 1. The molecular weight excluding hydrogens is 148 g/mol. The number of hydrogen-bond acceptors (Lipinski definition) is 2. The normalized spacial score (nSPS) is 28.4. The van der Waals surface area contributed by atoms with Crippen molar-refractivity contribution in [2.75, 3.05) is 19.6 Å². The molecule has 3 heteroatoms. The van der Waals surface area contributed by atoms with Crippen molar-refractivity contribution in [2.45, 2.75) is 12.5 Å². The zero-order chi connectivity index (χ0) is 7.40. The average molecular weight is 161 g/mol. The third-order valence-corrected chi connectivity index (χ3v) is 1.94. The number of nitrogens with two attached hydrogens (primary N) is 1. The van der Waals surface area contributed by atoms with E-state index in [9.17, 15) is 0 Å². The van der Waals surface area contributed by atoms with Crippen molar-refractivity contribution in [1.29, 1.82) is 0 Å². The standard InChI is InChI=1S/C7H13ClN2/c8-3-1-4-10-5-2-7(9)6-10/h1,3,7H,2,4-6,9H2/b3-1+/t7-/m1/s1. The first-order chi connectivity index (χ1) is 4.83. The van der Waals surface area contributed by atoms with Gasteiger partial charge in [0.2, 0.25) is 0 Å². The van der Waals surface area contributed by atoms with E-state index in [0.717, 1.165) is 26.1 Å². The first kappa shape index (κ1) is 8.05. The van der Waals surface area contributed by atoms with Crippen LogP contribution >= 0.6 is 11.6 Å². The summed E-state index contributed by atoms with van der Waals surface area (Å²) in [5.74, 6) is 0. The van der Waals surface area contributed by atoms with Crippen LogP contribution in [-0.2, 0) is 0 Å². The van der Waals surface area contributed by atoms with Gasteiger partial charge in [-0.15, -0.1) is 0 Å². The second kappa shape index (κ2) is 3.96. The first-order valence-electron chi connectivity index (χ1n) is 3.56. The molecule has 1 fully saturated rings. The number of halogens is 1. The van der Waals surface area contributed by atoms with Crippen LogP contribution in [0.25, 0.3) is 0 Å². The summed E-state index contributed by atoms with van der Waals surface area (Å²) in [7, 11) is 0. The fraction of sp³-hybridized carbons (Fsp3) is 0.714. The maximum absolute atomic E-state index is 5.70. The van der Waals surface area contributed by atoms with E-state index < -0.39 is 0 Å². The summed E-state index contributed by atoms with van der Waals surface area (Å²) < 4.78 is 0. The van der Waals surface area contributed by atoms with Gasteiger partial charge in [0, 0.05) is 31.2 Å². The molecule has 2 nitrogen and oxygen atoms in total. The minimum atomic E-state index is 0.378. The van der Waals surface area contributed by atoms with Gasteiger partial charge >= 0.3 is 0 Å². The molecule has 10 heavy (non-hydrogen) atoms. The third-order valence-electron chi connectivity index (χ3n) is 1.76. The van der Waals surface area contributed by atoms with Crippen molar-refractivity contribution in [1.82, 2.24) is 4.90 Å². The van der Waals surface area contributed by atoms with E-state index in [1.807, 2.05) is 6.08 Å². The first-order valence-corrected chi connectivity index (χ1v) is 3.99. The van der Waals surface area contributed by atoms with E-state index in [1.54, 1.807) is 5.54 Å². The summed E-state index contributed by atoms with van der Waals surface area (Å²) in [6.07, 6.45) is 3.07. The summed E-state index contributed by atoms with van der Waals surface area (Å²) in [6.45, 7) is 3.07. The van der Waals surface area contributed by atoms with Crippen LogP contribution < -0.4 is 5.73 Å². The summed E-state index contributed by atoms with van der Waals surface area (Å²) >= 11 is 5.38. The average Bonchev–Trinajstić information content (AvgIpc) is 2.31. The summed E-state index contributed by atoms with van der Waals surface area (Å²) in [4.78, 5) is 2.30. The zero-order valence-electron chi connectivity index (χ0n) is 5.96. The Kier molecular flexibility index (Phi) is 3.19. The molecule has 2 N–H and O–H groups in total. The van der Waals surface area contributed by atoms with Crippen LogP contribution in [0.1, 0.15) is 6.42 Å². The lowest BCUT2D eigenvalue weighted by Crippen LogP contribution is -2.26. The van der Waals surface area contributed by atoms with Gasteiger partial charge in [0.05, 0.1) is 0 Å². The Hall–Kier alpha value is -0.0500. The van der Waals surface area contributed by atoms with Gasteiger partial charge < -0.3 is 5.73 Å². The monoisotopic (exact) mass is 160 g/mol. The van der Waals surface area contributed by atoms with Gasteiger partial charge in [-0.1, -0.05) is 17.7 Å². The van der Waals surface area contributed by atoms with E-state index in [0.29, 0.717) is 6.04 Å². The van der Waals surface area contributed by atoms with Crippen LogP contribution in [0.2, 0.25) is 0 Å². The highest BCUT2D eigenvalue weighted by Crippen LogP contribution is 2.05. The van der Waals surface area contributed by atoms with Crippen molar-refractivity contribution in [3.05, 3.63) is 11.6 Å². The molecule has 1 saturated heterocycles. The van der Waals surface area contributed by atoms with Gasteiger partial charge in [0.15, 0.2) is 0 Å². The Morgan fingerprint density at radius 1 is 1.70 bits per heavy atom. The molecule has 0 bridgehead atoms. The lowest BCUT2D eigenvalue weighted by Gasteiger charge is -2.10. The van der Waals surface area contributed by atoms with Gasteiger partial charge in [-0.3, -0.25) is 4.90 Å². The van der Waals surface area contributed by atoms with E-state index in [2.05, 4.69) is 4.90 Å². The quantitative estimate of drug-likeness (QED) is 0.647. The zero-order valence-corrected chi connectivity index (χ0v) is 6.72. The van der Waals surface area contributed by atoms with Crippen LogP contribution in [-0.4, -0.2) is 30.6 Å². The maximum atomic E-state index is 5.70. The molecule has 0 radical (unpaired) electrons. The number of likely N-dealkylation sites (tertiary alicyclic amines) is 1. The van der Waals surface area contributed by atoms with Crippen LogP contribution in [0.4, 0.5) is 0 Å². The number of rotatable bonds is 2. The van der Waals surface area contributed by atoms with Crippen LogP contribution in [0.15, 0.2) is 11.6 Å². The lowest BCUT2D eigenvalue weighted by atomic mass is 10.3. The highest BCUT2D eigenvalue weighted by Gasteiger charge is 2.16. The Morgan fingerprint density at radius 3 is 3.00 bits per heavy atom. The van der Waals surface area contributed by atoms with Crippen molar-refractivity contribution in [2.24, 2.45) is 5.73 Å². The molecule has 0 spiro atoms. The van der Waals surface area contributed by atoms with Gasteiger partial charge in [0.25, 0.3) is 0 Å². The van der Waals surface area contributed by atoms with Crippen molar-refractivity contribution in [3.8, 4) is 0 Å². The summed E-state index contributed by atoms with van der Waals surface area (Å²) in [6, 6.07) is 0.378. The second-order valence-corrected chi connectivity index (χ2v) is 2.92. The molecule has 1 aliphatic heterocycles. The van der Waals surface area contributed by atoms with Gasteiger partial charge in [-0.2, -0.15) is 0 Å². The molecule has 1 atom stereocenters. The Labute approximate surface area is 66.6 Å². The molecule has 0 aliphatic carbocycles. The highest BCUT2D eigenvalue weighted by atomic mass is 35.5. The molecule has 0 aromatic heterocycles. The Morgan fingerprint density at radius 2 is 2.50 bits per heavy atom. The fourth-order valence-electron chi connectivity index (χ4n) is 1.22. The van der Waals surface area contributed by atoms with Crippen LogP contribution in [0, 0.1) is 0 Å². The molecule has 0 aromatic carbocycles. The minimum Gasteiger partial charge on any atom is -0.326 e. The third kappa shape index (κ3) is 2.29. The maximum Gasteiger partial charge on any atom is 0.0180 e. The van der Waals surface area contributed by atoms with Gasteiger partial charge in [0.1, 0.15) is 0 Å². The van der Waals surface area contributed by atoms with E-state index >= 15 is 0 Å². The van der Waals surface area contributed by atoms with E-state index in [-0.39, 0.29) is 0 Å².